The number of hydrogen-bond donors (Lipinski definition) is 0. The predicted molar refractivity (Wildman–Crippen MR) is 218 cm³/mol. The van der Waals surface area contributed by atoms with Crippen molar-refractivity contribution in [1.29, 1.82) is 0 Å². The summed E-state index contributed by atoms with van der Waals surface area (Å²) in [5.41, 5.74) is 16.4. The Labute approximate surface area is 309 Å². The van der Waals surface area contributed by atoms with Crippen LogP contribution in [-0.4, -0.2) is 0 Å². The van der Waals surface area contributed by atoms with Crippen LogP contribution in [0.15, 0.2) is 186 Å². The molecule has 0 fully saturated rings. The fourth-order valence-electron chi connectivity index (χ4n) is 9.67. The summed E-state index contributed by atoms with van der Waals surface area (Å²) in [6.45, 7) is 4.74. The lowest BCUT2D eigenvalue weighted by Gasteiger charge is -2.41. The van der Waals surface area contributed by atoms with E-state index in [2.05, 4.69) is 195 Å². The van der Waals surface area contributed by atoms with Crippen LogP contribution in [0.1, 0.15) is 47.2 Å². The van der Waals surface area contributed by atoms with E-state index in [1.54, 1.807) is 0 Å². The molecule has 3 aliphatic rings. The molecule has 0 saturated carbocycles. The van der Waals surface area contributed by atoms with Crippen LogP contribution in [0, 0.1) is 0 Å². The van der Waals surface area contributed by atoms with Crippen molar-refractivity contribution in [2.45, 2.75) is 34.5 Å². The number of hydrogen-bond acceptors (Lipinski definition) is 2. The average Bonchev–Trinajstić information content (AvgIpc) is 3.62. The first kappa shape index (κ1) is 29.9. The molecular weight excluding hydrogens is 647 g/mol. The molecule has 0 N–H and O–H groups in total. The van der Waals surface area contributed by atoms with Crippen molar-refractivity contribution < 1.29 is 0 Å². The van der Waals surface area contributed by atoms with Crippen molar-refractivity contribution in [2.24, 2.45) is 0 Å². The van der Waals surface area contributed by atoms with Crippen LogP contribution >= 0.6 is 11.8 Å². The van der Waals surface area contributed by atoms with Crippen LogP contribution < -0.4 is 4.90 Å². The number of anilines is 3. The van der Waals surface area contributed by atoms with Crippen LogP contribution in [0.4, 0.5) is 17.1 Å². The third-order valence-corrected chi connectivity index (χ3v) is 13.1. The Kier molecular flexibility index (Phi) is 6.22. The van der Waals surface area contributed by atoms with E-state index in [4.69, 9.17) is 0 Å². The van der Waals surface area contributed by atoms with Crippen LogP contribution in [0.2, 0.25) is 0 Å². The van der Waals surface area contributed by atoms with E-state index in [-0.39, 0.29) is 5.41 Å². The van der Waals surface area contributed by atoms with Crippen LogP contribution in [0.3, 0.4) is 0 Å². The molecule has 8 aromatic rings. The topological polar surface area (TPSA) is 3.24 Å². The van der Waals surface area contributed by atoms with Gasteiger partial charge in [-0.3, -0.25) is 0 Å². The van der Waals surface area contributed by atoms with Crippen LogP contribution in [-0.2, 0) is 10.8 Å². The van der Waals surface area contributed by atoms with Crippen molar-refractivity contribution in [3.05, 3.63) is 209 Å². The van der Waals surface area contributed by atoms with Crippen molar-refractivity contribution >= 4 is 39.6 Å². The van der Waals surface area contributed by atoms with Crippen LogP contribution in [0.5, 0.6) is 0 Å². The molecule has 11 rings (SSSR count). The first-order valence-electron chi connectivity index (χ1n) is 18.2. The van der Waals surface area contributed by atoms with E-state index in [0.717, 1.165) is 5.69 Å². The monoisotopic (exact) mass is 681 g/mol. The predicted octanol–water partition coefficient (Wildman–Crippen LogP) is 13.4. The Hall–Kier alpha value is -5.83. The molecule has 52 heavy (non-hydrogen) atoms. The maximum absolute atomic E-state index is 2.54. The number of rotatable bonds is 3. The molecule has 2 heteroatoms. The third-order valence-electron chi connectivity index (χ3n) is 11.9. The highest BCUT2D eigenvalue weighted by Crippen LogP contribution is 2.64. The van der Waals surface area contributed by atoms with E-state index >= 15 is 0 Å². The fraction of sp³-hybridized carbons (Fsp3) is 0.0800. The largest absolute Gasteiger partial charge is 0.310 e. The van der Waals surface area contributed by atoms with Crippen molar-refractivity contribution in [2.75, 3.05) is 4.90 Å². The van der Waals surface area contributed by atoms with Gasteiger partial charge >= 0.3 is 0 Å². The second-order valence-electron chi connectivity index (χ2n) is 14.8. The molecular formula is C50H35NS. The van der Waals surface area contributed by atoms with Crippen LogP contribution in [0.25, 0.3) is 33.0 Å². The summed E-state index contributed by atoms with van der Waals surface area (Å²) < 4.78 is 0. The Balaban J connectivity index is 1.25. The van der Waals surface area contributed by atoms with Gasteiger partial charge in [0.2, 0.25) is 0 Å². The summed E-state index contributed by atoms with van der Waals surface area (Å²) in [4.78, 5) is 5.16. The summed E-state index contributed by atoms with van der Waals surface area (Å²) in [5, 5.41) is 2.53. The Morgan fingerprint density at radius 2 is 0.942 bits per heavy atom. The Bertz CT molecular complexity index is 2710. The molecule has 0 bridgehead atoms. The molecule has 0 aromatic heterocycles. The number of para-hydroxylation sites is 1. The Morgan fingerprint density at radius 1 is 0.404 bits per heavy atom. The maximum Gasteiger partial charge on any atom is 0.0736 e. The van der Waals surface area contributed by atoms with Gasteiger partial charge in [0.05, 0.1) is 11.1 Å². The van der Waals surface area contributed by atoms with E-state index in [9.17, 15) is 0 Å². The van der Waals surface area contributed by atoms with Crippen molar-refractivity contribution in [3.63, 3.8) is 0 Å². The van der Waals surface area contributed by atoms with Gasteiger partial charge in [0.15, 0.2) is 0 Å². The van der Waals surface area contributed by atoms with Gasteiger partial charge in [-0.25, -0.2) is 0 Å². The van der Waals surface area contributed by atoms with Gasteiger partial charge in [-0.2, -0.15) is 0 Å². The molecule has 1 nitrogen and oxygen atoms in total. The normalized spacial score (nSPS) is 15.0. The van der Waals surface area contributed by atoms with Gasteiger partial charge in [-0.05, 0) is 97.4 Å². The minimum atomic E-state index is -0.465. The first-order valence-corrected chi connectivity index (χ1v) is 19.0. The van der Waals surface area contributed by atoms with Crippen molar-refractivity contribution in [1.82, 2.24) is 0 Å². The fourth-order valence-corrected chi connectivity index (χ4v) is 11.0. The third kappa shape index (κ3) is 3.85. The van der Waals surface area contributed by atoms with Gasteiger partial charge in [-0.15, -0.1) is 0 Å². The van der Waals surface area contributed by atoms with E-state index in [1.165, 1.54) is 87.6 Å². The summed E-state index contributed by atoms with van der Waals surface area (Å²) in [7, 11) is 0. The average molecular weight is 682 g/mol. The van der Waals surface area contributed by atoms with E-state index < -0.39 is 5.41 Å². The molecule has 0 radical (unpaired) electrons. The lowest BCUT2D eigenvalue weighted by atomic mass is 9.67. The standard InChI is InChI=1S/C50H35NS/c1-49(2)40-23-11-8-18-34(40)37-29-28-33(30-44(37)49)51(32-16-4-3-5-17-32)46-31-45-48(39-22-7-6-21-38(39)46)52-47-27-15-14-26-43(47)50(45)41-24-12-9-19-35(41)36-20-10-13-25-42(36)50/h3-31H,1-2H3. The second-order valence-corrected chi connectivity index (χ2v) is 15.9. The molecule has 246 valence electrons. The highest BCUT2D eigenvalue weighted by molar-refractivity contribution is 7.99. The summed E-state index contributed by atoms with van der Waals surface area (Å²) in [6, 6.07) is 65.9. The molecule has 2 aliphatic carbocycles. The lowest BCUT2D eigenvalue weighted by Crippen LogP contribution is -2.32. The lowest BCUT2D eigenvalue weighted by molar-refractivity contribution is 0.660. The molecule has 1 aliphatic heterocycles. The zero-order chi connectivity index (χ0) is 34.6. The van der Waals surface area contributed by atoms with E-state index in [1.807, 2.05) is 11.8 Å². The molecule has 0 unspecified atom stereocenters. The minimum absolute atomic E-state index is 0.107. The van der Waals surface area contributed by atoms with Gasteiger partial charge < -0.3 is 4.90 Å². The molecule has 1 heterocycles. The molecule has 0 amide bonds. The van der Waals surface area contributed by atoms with Gasteiger partial charge in [-0.1, -0.05) is 165 Å². The quantitative estimate of drug-likeness (QED) is 0.183. The minimum Gasteiger partial charge on any atom is -0.310 e. The number of fused-ring (bicyclic) bond motifs is 14. The highest BCUT2D eigenvalue weighted by atomic mass is 32.2. The zero-order valence-electron chi connectivity index (χ0n) is 29.1. The maximum atomic E-state index is 2.54. The molecule has 8 aromatic carbocycles. The van der Waals surface area contributed by atoms with E-state index in [0.29, 0.717) is 0 Å². The van der Waals surface area contributed by atoms with Gasteiger partial charge in [0.1, 0.15) is 0 Å². The summed E-state index contributed by atoms with van der Waals surface area (Å²) in [5.74, 6) is 0. The molecule has 1 spiro atoms. The summed E-state index contributed by atoms with van der Waals surface area (Å²) >= 11 is 1.92. The molecule has 0 saturated heterocycles. The molecule has 0 atom stereocenters. The SMILES string of the molecule is CC1(C)c2ccccc2-c2ccc(N(c3ccccc3)c3cc4c(c5ccccc35)Sc3ccccc3C43c4ccccc4-c4ccccc43)cc21. The number of benzene rings is 8. The van der Waals surface area contributed by atoms with Gasteiger partial charge in [0, 0.05) is 32.0 Å². The highest BCUT2D eigenvalue weighted by Gasteiger charge is 2.51. The summed E-state index contributed by atoms with van der Waals surface area (Å²) in [6.07, 6.45) is 0. The zero-order valence-corrected chi connectivity index (χ0v) is 29.9. The smallest absolute Gasteiger partial charge is 0.0736 e. The second kappa shape index (κ2) is 10.8. The first-order chi connectivity index (χ1) is 25.6. The Morgan fingerprint density at radius 3 is 1.65 bits per heavy atom. The van der Waals surface area contributed by atoms with Crippen molar-refractivity contribution in [3.8, 4) is 22.3 Å². The number of nitrogens with zero attached hydrogens (tertiary/aromatic N) is 1. The van der Waals surface area contributed by atoms with Gasteiger partial charge in [0.25, 0.3) is 0 Å².